The quantitative estimate of drug-likeness (QED) is 0.284. The van der Waals surface area contributed by atoms with Gasteiger partial charge in [-0.1, -0.05) is 31.5 Å². The van der Waals surface area contributed by atoms with Crippen molar-refractivity contribution in [2.75, 3.05) is 6.54 Å². The van der Waals surface area contributed by atoms with Gasteiger partial charge in [-0.05, 0) is 54.4 Å². The maximum absolute atomic E-state index is 13.0. The summed E-state index contributed by atoms with van der Waals surface area (Å²) in [6.07, 6.45) is -1.47. The van der Waals surface area contributed by atoms with Crippen molar-refractivity contribution in [1.82, 2.24) is 10.2 Å². The fraction of sp³-hybridized carbons (Fsp3) is 0.292. The second-order valence-electron chi connectivity index (χ2n) is 7.73. The van der Waals surface area contributed by atoms with Crippen LogP contribution in [0.4, 0.5) is 18.0 Å². The van der Waals surface area contributed by atoms with Gasteiger partial charge in [-0.3, -0.25) is 0 Å². The molecule has 0 aliphatic carbocycles. The molecule has 188 valence electrons. The molecule has 7 nitrogen and oxygen atoms in total. The van der Waals surface area contributed by atoms with Gasteiger partial charge in [-0.2, -0.15) is 21.6 Å². The van der Waals surface area contributed by atoms with Crippen LogP contribution in [-0.2, 0) is 29.4 Å². The molecule has 0 radical (unpaired) electrons. The average Bonchev–Trinajstić information content (AvgIpc) is 3.31. The van der Waals surface area contributed by atoms with Gasteiger partial charge in [0.05, 0.1) is 18.4 Å². The number of urea groups is 1. The lowest BCUT2D eigenvalue weighted by Gasteiger charge is -2.22. The zero-order valence-corrected chi connectivity index (χ0v) is 19.7. The minimum absolute atomic E-state index is 0.0933. The van der Waals surface area contributed by atoms with Gasteiger partial charge >= 0.3 is 22.3 Å². The normalized spacial score (nSPS) is 11.8. The predicted molar refractivity (Wildman–Crippen MR) is 122 cm³/mol. The van der Waals surface area contributed by atoms with Gasteiger partial charge in [0.2, 0.25) is 0 Å². The van der Waals surface area contributed by atoms with Crippen molar-refractivity contribution in [1.29, 1.82) is 0 Å². The Bertz CT molecular complexity index is 1230. The van der Waals surface area contributed by atoms with E-state index in [4.69, 9.17) is 8.60 Å². The zero-order chi connectivity index (χ0) is 25.5. The van der Waals surface area contributed by atoms with Crippen LogP contribution in [-0.4, -0.2) is 25.9 Å². The summed E-state index contributed by atoms with van der Waals surface area (Å²) in [7, 11) is -4.52. The summed E-state index contributed by atoms with van der Waals surface area (Å²) in [6, 6.07) is 12.4. The Morgan fingerprint density at radius 2 is 1.83 bits per heavy atom. The van der Waals surface area contributed by atoms with Crippen molar-refractivity contribution in [3.05, 3.63) is 83.8 Å². The largest absolute Gasteiger partial charge is 0.467 e. The van der Waals surface area contributed by atoms with Crippen LogP contribution in [0.2, 0.25) is 0 Å². The first-order valence-electron chi connectivity index (χ1n) is 10.8. The van der Waals surface area contributed by atoms with Crippen LogP contribution >= 0.6 is 0 Å². The van der Waals surface area contributed by atoms with Crippen molar-refractivity contribution in [3.8, 4) is 5.75 Å². The van der Waals surface area contributed by atoms with Gasteiger partial charge in [-0.15, -0.1) is 0 Å². The molecule has 0 atom stereocenters. The number of furan rings is 1. The van der Waals surface area contributed by atoms with Gasteiger partial charge < -0.3 is 18.8 Å². The highest BCUT2D eigenvalue weighted by molar-refractivity contribution is 7.87. The van der Waals surface area contributed by atoms with Crippen LogP contribution in [0.25, 0.3) is 0 Å². The lowest BCUT2D eigenvalue weighted by atomic mass is 10.2. The van der Waals surface area contributed by atoms with E-state index < -0.39 is 26.8 Å². The summed E-state index contributed by atoms with van der Waals surface area (Å²) in [5.74, 6) is 0.472. The highest BCUT2D eigenvalue weighted by Gasteiger charge is 2.32. The van der Waals surface area contributed by atoms with E-state index in [-0.39, 0.29) is 24.9 Å². The molecule has 0 saturated carbocycles. The van der Waals surface area contributed by atoms with Crippen molar-refractivity contribution < 1.29 is 35.0 Å². The second kappa shape index (κ2) is 11.3. The number of alkyl halides is 3. The highest BCUT2D eigenvalue weighted by atomic mass is 32.2. The van der Waals surface area contributed by atoms with Crippen LogP contribution < -0.4 is 9.50 Å². The van der Waals surface area contributed by atoms with E-state index in [0.717, 1.165) is 31.0 Å². The first kappa shape index (κ1) is 26.1. The molecule has 11 heteroatoms. The van der Waals surface area contributed by atoms with E-state index in [0.29, 0.717) is 23.9 Å². The van der Waals surface area contributed by atoms with Crippen molar-refractivity contribution >= 4 is 16.1 Å². The second-order valence-corrected chi connectivity index (χ2v) is 9.28. The molecule has 0 spiro atoms. The molecule has 0 aliphatic rings. The highest BCUT2D eigenvalue weighted by Crippen LogP contribution is 2.31. The molecule has 2 amide bonds. The van der Waals surface area contributed by atoms with Crippen LogP contribution in [0.1, 0.15) is 36.7 Å². The van der Waals surface area contributed by atoms with Crippen LogP contribution in [0.15, 0.2) is 76.2 Å². The molecule has 2 aromatic carbocycles. The molecule has 3 aromatic rings. The first-order valence-corrected chi connectivity index (χ1v) is 12.2. The molecule has 1 aromatic heterocycles. The van der Waals surface area contributed by atoms with Crippen LogP contribution in [0, 0.1) is 0 Å². The number of hydrogen-bond donors (Lipinski definition) is 1. The summed E-state index contributed by atoms with van der Waals surface area (Å²) in [5.41, 5.74) is -0.544. The Morgan fingerprint density at radius 3 is 2.51 bits per heavy atom. The molecule has 0 aliphatic heterocycles. The maximum Gasteiger partial charge on any atom is 0.416 e. The Hall–Kier alpha value is -3.47. The minimum Gasteiger partial charge on any atom is -0.467 e. The summed E-state index contributed by atoms with van der Waals surface area (Å²) in [6.45, 7) is 2.80. The van der Waals surface area contributed by atoms with Gasteiger partial charge in [0.25, 0.3) is 0 Å². The van der Waals surface area contributed by atoms with Gasteiger partial charge in [-0.25, -0.2) is 4.79 Å². The zero-order valence-electron chi connectivity index (χ0n) is 18.9. The monoisotopic (exact) mass is 510 g/mol. The summed E-state index contributed by atoms with van der Waals surface area (Å²) in [4.78, 5) is 13.6. The number of amides is 2. The van der Waals surface area contributed by atoms with Crippen molar-refractivity contribution in [2.24, 2.45) is 0 Å². The number of carbonyl (C=O) groups is 1. The number of rotatable bonds is 10. The standard InChI is InChI=1S/C24H25F3N2O5S/c1-2-3-12-28-23(30)29(17-21-10-6-13-33-21)16-18-7-4-9-20(14-18)34-35(31,32)22-11-5-8-19(15-22)24(25,26)27/h4-11,13-15H,2-3,12,16-17H2,1H3,(H,28,30). The van der Waals surface area contributed by atoms with E-state index in [2.05, 4.69) is 5.32 Å². The number of nitrogens with zero attached hydrogens (tertiary/aromatic N) is 1. The number of carbonyl (C=O) groups excluding carboxylic acids is 1. The third-order valence-corrected chi connectivity index (χ3v) is 6.19. The number of nitrogens with one attached hydrogen (secondary N) is 1. The van der Waals surface area contributed by atoms with Gasteiger partial charge in [0.15, 0.2) is 0 Å². The molecule has 0 unspecified atom stereocenters. The van der Waals surface area contributed by atoms with E-state index in [1.165, 1.54) is 29.4 Å². The van der Waals surface area contributed by atoms with E-state index >= 15 is 0 Å². The third-order valence-electron chi connectivity index (χ3n) is 4.95. The molecule has 0 fully saturated rings. The minimum atomic E-state index is -4.69. The van der Waals surface area contributed by atoms with Gasteiger partial charge in [0.1, 0.15) is 16.4 Å². The smallest absolute Gasteiger partial charge is 0.416 e. The lowest BCUT2D eigenvalue weighted by Crippen LogP contribution is -2.39. The average molecular weight is 511 g/mol. The number of hydrogen-bond acceptors (Lipinski definition) is 5. The predicted octanol–water partition coefficient (Wildman–Crippen LogP) is 5.58. The third kappa shape index (κ3) is 7.51. The van der Waals surface area contributed by atoms with E-state index in [1.807, 2.05) is 6.92 Å². The fourth-order valence-electron chi connectivity index (χ4n) is 3.19. The Balaban J connectivity index is 1.78. The van der Waals surface area contributed by atoms with Crippen LogP contribution in [0.5, 0.6) is 5.75 Å². The molecular formula is C24H25F3N2O5S. The summed E-state index contributed by atoms with van der Waals surface area (Å²) in [5, 5.41) is 2.83. The van der Waals surface area contributed by atoms with Gasteiger partial charge in [0, 0.05) is 13.1 Å². The Labute approximate surface area is 201 Å². The molecule has 0 bridgehead atoms. The first-order chi connectivity index (χ1) is 16.6. The van der Waals surface area contributed by atoms with Crippen molar-refractivity contribution in [3.63, 3.8) is 0 Å². The number of benzene rings is 2. The Kier molecular flexibility index (Phi) is 8.44. The Morgan fingerprint density at radius 1 is 1.06 bits per heavy atom. The lowest BCUT2D eigenvalue weighted by molar-refractivity contribution is -0.137. The molecule has 1 heterocycles. The molecular weight excluding hydrogens is 485 g/mol. The summed E-state index contributed by atoms with van der Waals surface area (Å²) >= 11 is 0. The fourth-order valence-corrected chi connectivity index (χ4v) is 4.16. The molecule has 0 saturated heterocycles. The molecule has 35 heavy (non-hydrogen) atoms. The van der Waals surface area contributed by atoms with E-state index in [1.54, 1.807) is 18.2 Å². The maximum atomic E-state index is 13.0. The van der Waals surface area contributed by atoms with Crippen LogP contribution in [0.3, 0.4) is 0 Å². The molecule has 1 N–H and O–H groups in total. The topological polar surface area (TPSA) is 88.9 Å². The number of halogens is 3. The molecule has 3 rings (SSSR count). The van der Waals surface area contributed by atoms with E-state index in [9.17, 15) is 26.4 Å². The summed E-state index contributed by atoms with van der Waals surface area (Å²) < 4.78 is 74.6. The van der Waals surface area contributed by atoms with Crippen molar-refractivity contribution in [2.45, 2.75) is 43.9 Å². The SMILES string of the molecule is CCCCNC(=O)N(Cc1cccc(OS(=O)(=O)c2cccc(C(F)(F)F)c2)c1)Cc1ccco1. The number of unbranched alkanes of at least 4 members (excludes halogenated alkanes) is 1.